The zero-order chi connectivity index (χ0) is 13.7. The summed E-state index contributed by atoms with van der Waals surface area (Å²) >= 11 is 0. The average Bonchev–Trinajstić information content (AvgIpc) is 2.63. The Balaban J connectivity index is 3.14. The van der Waals surface area contributed by atoms with Gasteiger partial charge in [-0.3, -0.25) is 10.1 Å². The molecule has 0 atom stereocenters. The average molecular weight is 255 g/mol. The van der Waals surface area contributed by atoms with Gasteiger partial charge in [0.15, 0.2) is 0 Å². The van der Waals surface area contributed by atoms with Gasteiger partial charge in [0.2, 0.25) is 5.82 Å². The maximum Gasteiger partial charge on any atom is 0.333 e. The third kappa shape index (κ3) is 2.98. The van der Waals surface area contributed by atoms with Gasteiger partial charge >= 0.3 is 5.69 Å². The molecule has 7 nitrogen and oxygen atoms in total. The summed E-state index contributed by atoms with van der Waals surface area (Å²) in [5, 5.41) is 15.4. The lowest BCUT2D eigenvalue weighted by Crippen LogP contribution is -2.24. The van der Waals surface area contributed by atoms with Gasteiger partial charge in [0.25, 0.3) is 0 Å². The Bertz CT molecular complexity index is 416. The van der Waals surface area contributed by atoms with Crippen LogP contribution in [0.1, 0.15) is 25.5 Å². The summed E-state index contributed by atoms with van der Waals surface area (Å²) in [6.07, 6.45) is 1.68. The molecule has 0 saturated carbocycles. The number of nitrogens with two attached hydrogens (primary N) is 1. The molecule has 18 heavy (non-hydrogen) atoms. The molecule has 1 rings (SSSR count). The van der Waals surface area contributed by atoms with E-state index in [0.29, 0.717) is 31.1 Å². The molecule has 2 N–H and O–H groups in total. The molecule has 0 spiro atoms. The molecule has 0 unspecified atom stereocenters. The molecule has 0 fully saturated rings. The van der Waals surface area contributed by atoms with Gasteiger partial charge in [-0.05, 0) is 26.3 Å². The first-order valence-corrected chi connectivity index (χ1v) is 6.15. The van der Waals surface area contributed by atoms with Crippen molar-refractivity contribution in [3.8, 4) is 0 Å². The molecular formula is C11H21N5O2. The van der Waals surface area contributed by atoms with E-state index in [9.17, 15) is 10.1 Å². The lowest BCUT2D eigenvalue weighted by molar-refractivity contribution is -0.384. The number of nitro groups is 1. The van der Waals surface area contributed by atoms with E-state index in [2.05, 4.69) is 5.10 Å². The Labute approximate surface area is 107 Å². The normalized spacial score (nSPS) is 10.7. The van der Waals surface area contributed by atoms with E-state index in [-0.39, 0.29) is 10.6 Å². The van der Waals surface area contributed by atoms with Crippen LogP contribution in [0, 0.1) is 17.0 Å². The van der Waals surface area contributed by atoms with Gasteiger partial charge in [-0.2, -0.15) is 5.10 Å². The van der Waals surface area contributed by atoms with Crippen molar-refractivity contribution in [2.75, 3.05) is 25.0 Å². The Hall–Kier alpha value is -1.63. The standard InChI is InChI=1S/C11H21N5O2/c1-4-7-15-11(14(3)8-5-6-12)10(16(17)18)9(2)13-15/h4-8,12H2,1-3H3. The third-order valence-corrected chi connectivity index (χ3v) is 2.75. The Kier molecular flexibility index (Phi) is 5.08. The van der Waals surface area contributed by atoms with Crippen molar-refractivity contribution in [3.05, 3.63) is 15.8 Å². The molecule has 0 radical (unpaired) electrons. The van der Waals surface area contributed by atoms with Crippen LogP contribution in [0.3, 0.4) is 0 Å². The van der Waals surface area contributed by atoms with Crippen LogP contribution < -0.4 is 10.6 Å². The smallest absolute Gasteiger partial charge is 0.333 e. The molecule has 102 valence electrons. The van der Waals surface area contributed by atoms with Crippen molar-refractivity contribution in [2.45, 2.75) is 33.2 Å². The second kappa shape index (κ2) is 6.34. The largest absolute Gasteiger partial charge is 0.354 e. The first-order valence-electron chi connectivity index (χ1n) is 6.15. The Morgan fingerprint density at radius 1 is 1.56 bits per heavy atom. The fourth-order valence-electron chi connectivity index (χ4n) is 1.95. The second-order valence-corrected chi connectivity index (χ2v) is 4.30. The van der Waals surface area contributed by atoms with Crippen molar-refractivity contribution in [2.24, 2.45) is 5.73 Å². The minimum atomic E-state index is -0.358. The summed E-state index contributed by atoms with van der Waals surface area (Å²) in [5.74, 6) is 0.577. The molecule has 7 heteroatoms. The van der Waals surface area contributed by atoms with E-state index < -0.39 is 0 Å². The Morgan fingerprint density at radius 3 is 2.72 bits per heavy atom. The lowest BCUT2D eigenvalue weighted by Gasteiger charge is -2.19. The molecule has 0 aliphatic heterocycles. The van der Waals surface area contributed by atoms with Crippen LogP contribution in [-0.2, 0) is 6.54 Å². The van der Waals surface area contributed by atoms with E-state index >= 15 is 0 Å². The highest BCUT2D eigenvalue weighted by Gasteiger charge is 2.27. The van der Waals surface area contributed by atoms with Crippen molar-refractivity contribution < 1.29 is 4.92 Å². The van der Waals surface area contributed by atoms with Crippen LogP contribution in [-0.4, -0.2) is 34.8 Å². The van der Waals surface area contributed by atoms with Crippen LogP contribution >= 0.6 is 0 Å². The van der Waals surface area contributed by atoms with Crippen LogP contribution in [0.25, 0.3) is 0 Å². The quantitative estimate of drug-likeness (QED) is 0.585. The molecule has 0 bridgehead atoms. The predicted molar refractivity (Wildman–Crippen MR) is 70.9 cm³/mol. The number of rotatable bonds is 7. The van der Waals surface area contributed by atoms with Gasteiger partial charge in [0.05, 0.1) is 4.92 Å². The van der Waals surface area contributed by atoms with Gasteiger partial charge in [-0.1, -0.05) is 6.92 Å². The number of hydrogen-bond acceptors (Lipinski definition) is 5. The number of hydrogen-bond donors (Lipinski definition) is 1. The van der Waals surface area contributed by atoms with Gasteiger partial charge in [0.1, 0.15) is 5.69 Å². The molecule has 0 aliphatic rings. The van der Waals surface area contributed by atoms with Crippen LogP contribution in [0.2, 0.25) is 0 Å². The Morgan fingerprint density at radius 2 is 2.22 bits per heavy atom. The molecule has 0 aliphatic carbocycles. The van der Waals surface area contributed by atoms with E-state index in [1.54, 1.807) is 11.6 Å². The fourth-order valence-corrected chi connectivity index (χ4v) is 1.95. The molecule has 0 amide bonds. The lowest BCUT2D eigenvalue weighted by atomic mass is 10.3. The third-order valence-electron chi connectivity index (χ3n) is 2.75. The molecule has 1 aromatic heterocycles. The minimum Gasteiger partial charge on any atom is -0.354 e. The van der Waals surface area contributed by atoms with E-state index in [1.807, 2.05) is 18.9 Å². The summed E-state index contributed by atoms with van der Waals surface area (Å²) in [6.45, 7) is 5.62. The van der Waals surface area contributed by atoms with Crippen LogP contribution in [0.4, 0.5) is 11.5 Å². The van der Waals surface area contributed by atoms with Crippen LogP contribution in [0.5, 0.6) is 0 Å². The monoisotopic (exact) mass is 255 g/mol. The summed E-state index contributed by atoms with van der Waals surface area (Å²) in [4.78, 5) is 12.6. The highest BCUT2D eigenvalue weighted by atomic mass is 16.6. The first-order chi connectivity index (χ1) is 8.52. The zero-order valence-electron chi connectivity index (χ0n) is 11.2. The predicted octanol–water partition coefficient (Wildman–Crippen LogP) is 1.29. The zero-order valence-corrected chi connectivity index (χ0v) is 11.2. The molecule has 1 aromatic rings. The fraction of sp³-hybridized carbons (Fsp3) is 0.727. The SMILES string of the molecule is CCCn1nc(C)c([N+](=O)[O-])c1N(C)CCCN. The van der Waals surface area contributed by atoms with Gasteiger partial charge in [-0.15, -0.1) is 0 Å². The van der Waals surface area contributed by atoms with Crippen molar-refractivity contribution in [1.82, 2.24) is 9.78 Å². The van der Waals surface area contributed by atoms with Gasteiger partial charge in [0, 0.05) is 20.1 Å². The minimum absolute atomic E-state index is 0.1000. The highest BCUT2D eigenvalue weighted by molar-refractivity contribution is 5.60. The van der Waals surface area contributed by atoms with E-state index in [0.717, 1.165) is 12.8 Å². The number of aromatic nitrogens is 2. The first kappa shape index (κ1) is 14.4. The van der Waals surface area contributed by atoms with Crippen LogP contribution in [0.15, 0.2) is 0 Å². The van der Waals surface area contributed by atoms with E-state index in [1.165, 1.54) is 0 Å². The summed E-state index contributed by atoms with van der Waals surface area (Å²) in [7, 11) is 1.84. The number of anilines is 1. The number of nitrogens with zero attached hydrogens (tertiary/aromatic N) is 4. The summed E-state index contributed by atoms with van der Waals surface area (Å²) in [5.41, 5.74) is 6.03. The van der Waals surface area contributed by atoms with Crippen molar-refractivity contribution in [1.29, 1.82) is 0 Å². The highest BCUT2D eigenvalue weighted by Crippen LogP contribution is 2.31. The topological polar surface area (TPSA) is 90.2 Å². The number of aryl methyl sites for hydroxylation is 2. The summed E-state index contributed by atoms with van der Waals surface area (Å²) in [6, 6.07) is 0. The second-order valence-electron chi connectivity index (χ2n) is 4.30. The maximum absolute atomic E-state index is 11.1. The van der Waals surface area contributed by atoms with Gasteiger partial charge in [-0.25, -0.2) is 4.68 Å². The van der Waals surface area contributed by atoms with Crippen molar-refractivity contribution >= 4 is 11.5 Å². The van der Waals surface area contributed by atoms with Crippen molar-refractivity contribution in [3.63, 3.8) is 0 Å². The molecule has 1 heterocycles. The summed E-state index contributed by atoms with van der Waals surface area (Å²) < 4.78 is 1.71. The molecular weight excluding hydrogens is 234 g/mol. The maximum atomic E-state index is 11.1. The van der Waals surface area contributed by atoms with E-state index in [4.69, 9.17) is 5.73 Å². The molecule has 0 saturated heterocycles. The molecule has 0 aromatic carbocycles. The van der Waals surface area contributed by atoms with Gasteiger partial charge < -0.3 is 10.6 Å².